The second-order valence-electron chi connectivity index (χ2n) is 5.79. The van der Waals surface area contributed by atoms with E-state index >= 15 is 0 Å². The van der Waals surface area contributed by atoms with Crippen LogP contribution in [0.15, 0.2) is 18.6 Å². The van der Waals surface area contributed by atoms with Crippen molar-refractivity contribution in [2.75, 3.05) is 39.9 Å². The van der Waals surface area contributed by atoms with Crippen LogP contribution >= 0.6 is 22.9 Å². The van der Waals surface area contributed by atoms with E-state index in [0.717, 1.165) is 21.6 Å². The third kappa shape index (κ3) is 4.45. The minimum Gasteiger partial charge on any atom is -0.465 e. The lowest BCUT2D eigenvalue weighted by atomic mass is 10.2. The molecule has 2 aromatic heterocycles. The molecule has 2 aromatic rings. The average Bonchev–Trinajstić information content (AvgIpc) is 2.98. The van der Waals surface area contributed by atoms with Crippen LogP contribution in [-0.4, -0.2) is 71.2 Å². The number of aromatic nitrogens is 2. The van der Waals surface area contributed by atoms with E-state index in [0.29, 0.717) is 19.8 Å². The third-order valence-electron chi connectivity index (χ3n) is 3.97. The van der Waals surface area contributed by atoms with Crippen LogP contribution < -0.4 is 0 Å². The summed E-state index contributed by atoms with van der Waals surface area (Å²) in [6.45, 7) is 4.25. The van der Waals surface area contributed by atoms with Crippen molar-refractivity contribution in [1.82, 2.24) is 19.8 Å². The first-order valence-electron chi connectivity index (χ1n) is 8.13. The number of thiophene rings is 1. The summed E-state index contributed by atoms with van der Waals surface area (Å²) in [5.74, 6) is -0.244. The van der Waals surface area contributed by atoms with Gasteiger partial charge in [0.05, 0.1) is 36.1 Å². The van der Waals surface area contributed by atoms with Gasteiger partial charge >= 0.3 is 5.97 Å². The molecular weight excluding hydrogens is 364 g/mol. The highest BCUT2D eigenvalue weighted by molar-refractivity contribution is 7.19. The van der Waals surface area contributed by atoms with Crippen molar-refractivity contribution in [2.24, 2.45) is 0 Å². The van der Waals surface area contributed by atoms with Crippen molar-refractivity contribution in [2.45, 2.75) is 18.7 Å². The normalized spacial score (nSPS) is 20.1. The smallest absolute Gasteiger partial charge is 0.320 e. The SMILES string of the molecule is CCOC(=O)CN(C)C(c1cc2ncncc2s1)N1CCOC(Cl)C1. The predicted octanol–water partition coefficient (Wildman–Crippen LogP) is 2.08. The fraction of sp³-hybridized carbons (Fsp3) is 0.562. The minimum atomic E-state index is -0.360. The van der Waals surface area contributed by atoms with Crippen LogP contribution in [0.5, 0.6) is 0 Å². The van der Waals surface area contributed by atoms with Gasteiger partial charge in [-0.15, -0.1) is 11.3 Å². The topological polar surface area (TPSA) is 67.8 Å². The maximum atomic E-state index is 12.0. The molecule has 0 aliphatic carbocycles. The second-order valence-corrected chi connectivity index (χ2v) is 7.39. The Morgan fingerprint density at radius 1 is 1.64 bits per heavy atom. The van der Waals surface area contributed by atoms with E-state index in [9.17, 15) is 4.79 Å². The van der Waals surface area contributed by atoms with Gasteiger partial charge in [0, 0.05) is 24.2 Å². The molecule has 3 rings (SSSR count). The molecule has 9 heteroatoms. The van der Waals surface area contributed by atoms with Gasteiger partial charge < -0.3 is 9.47 Å². The van der Waals surface area contributed by atoms with Gasteiger partial charge in [0.25, 0.3) is 0 Å². The summed E-state index contributed by atoms with van der Waals surface area (Å²) in [5.41, 5.74) is 0.543. The van der Waals surface area contributed by atoms with Gasteiger partial charge in [-0.3, -0.25) is 14.6 Å². The summed E-state index contributed by atoms with van der Waals surface area (Å²) in [6.07, 6.45) is 3.25. The molecule has 1 aliphatic rings. The number of nitrogens with zero attached hydrogens (tertiary/aromatic N) is 4. The van der Waals surface area contributed by atoms with Crippen LogP contribution in [0.25, 0.3) is 10.2 Å². The summed E-state index contributed by atoms with van der Waals surface area (Å²) in [7, 11) is 1.91. The zero-order valence-electron chi connectivity index (χ0n) is 14.2. The number of halogens is 1. The number of carbonyl (C=O) groups is 1. The molecule has 2 unspecified atom stereocenters. The van der Waals surface area contributed by atoms with Crippen LogP contribution in [0.3, 0.4) is 0 Å². The Labute approximate surface area is 155 Å². The first kappa shape index (κ1) is 18.5. The van der Waals surface area contributed by atoms with Gasteiger partial charge in [-0.2, -0.15) is 0 Å². The lowest BCUT2D eigenvalue weighted by Gasteiger charge is -2.40. The largest absolute Gasteiger partial charge is 0.465 e. The molecule has 0 saturated carbocycles. The predicted molar refractivity (Wildman–Crippen MR) is 96.6 cm³/mol. The summed E-state index contributed by atoms with van der Waals surface area (Å²) in [6, 6.07) is 2.05. The highest BCUT2D eigenvalue weighted by Crippen LogP contribution is 2.34. The number of morpholine rings is 1. The van der Waals surface area contributed by atoms with Gasteiger partial charge in [-0.1, -0.05) is 11.6 Å². The molecule has 0 amide bonds. The van der Waals surface area contributed by atoms with Crippen LogP contribution in [0.4, 0.5) is 0 Å². The highest BCUT2D eigenvalue weighted by atomic mass is 35.5. The average molecular weight is 385 g/mol. The molecule has 0 spiro atoms. The molecule has 2 atom stereocenters. The van der Waals surface area contributed by atoms with Crippen LogP contribution in [0, 0.1) is 0 Å². The Bertz CT molecular complexity index is 695. The van der Waals surface area contributed by atoms with Crippen molar-refractivity contribution in [3.63, 3.8) is 0 Å². The van der Waals surface area contributed by atoms with Crippen molar-refractivity contribution in [3.05, 3.63) is 23.5 Å². The van der Waals surface area contributed by atoms with Crippen molar-refractivity contribution < 1.29 is 14.3 Å². The van der Waals surface area contributed by atoms with Gasteiger partial charge in [-0.05, 0) is 20.0 Å². The van der Waals surface area contributed by atoms with Crippen LogP contribution in [0.1, 0.15) is 18.0 Å². The number of likely N-dealkylation sites (N-methyl/N-ethyl adjacent to an activating group) is 1. The Hall–Kier alpha value is -1.32. The van der Waals surface area contributed by atoms with Gasteiger partial charge in [0.1, 0.15) is 11.9 Å². The molecule has 0 aromatic carbocycles. The van der Waals surface area contributed by atoms with Crippen LogP contribution in [0.2, 0.25) is 0 Å². The number of esters is 1. The summed E-state index contributed by atoms with van der Waals surface area (Å²) in [4.78, 5) is 25.6. The van der Waals surface area contributed by atoms with Crippen molar-refractivity contribution >= 4 is 39.1 Å². The Kier molecular flexibility index (Phi) is 6.19. The first-order valence-corrected chi connectivity index (χ1v) is 9.38. The molecule has 0 bridgehead atoms. The molecule has 1 saturated heterocycles. The van der Waals surface area contributed by atoms with E-state index < -0.39 is 0 Å². The second kappa shape index (κ2) is 8.37. The maximum Gasteiger partial charge on any atom is 0.320 e. The lowest BCUT2D eigenvalue weighted by Crippen LogP contribution is -2.48. The third-order valence-corrected chi connectivity index (χ3v) is 5.33. The molecule has 1 aliphatic heterocycles. The lowest BCUT2D eigenvalue weighted by molar-refractivity contribution is -0.146. The fourth-order valence-electron chi connectivity index (χ4n) is 2.95. The molecule has 136 valence electrons. The molecule has 0 N–H and O–H groups in total. The first-order chi connectivity index (χ1) is 12.1. The zero-order valence-corrected chi connectivity index (χ0v) is 15.8. The van der Waals surface area contributed by atoms with Gasteiger partial charge in [0.2, 0.25) is 0 Å². The fourth-order valence-corrected chi connectivity index (χ4v) is 4.41. The molecule has 1 fully saturated rings. The van der Waals surface area contributed by atoms with E-state index in [4.69, 9.17) is 21.1 Å². The molecule has 25 heavy (non-hydrogen) atoms. The molecule has 0 radical (unpaired) electrons. The number of hydrogen-bond donors (Lipinski definition) is 0. The summed E-state index contributed by atoms with van der Waals surface area (Å²) in [5, 5.41) is 0. The van der Waals surface area contributed by atoms with E-state index in [1.807, 2.05) is 24.2 Å². The van der Waals surface area contributed by atoms with Crippen molar-refractivity contribution in [1.29, 1.82) is 0 Å². The van der Waals surface area contributed by atoms with Gasteiger partial charge in [0.15, 0.2) is 0 Å². The summed E-state index contributed by atoms with van der Waals surface area (Å²) < 4.78 is 11.6. The number of carbonyl (C=O) groups excluding carboxylic acids is 1. The highest BCUT2D eigenvalue weighted by Gasteiger charge is 2.31. The number of rotatable bonds is 6. The summed E-state index contributed by atoms with van der Waals surface area (Å²) >= 11 is 7.81. The van der Waals surface area contributed by atoms with E-state index in [1.54, 1.807) is 24.6 Å². The maximum absolute atomic E-state index is 12.0. The van der Waals surface area contributed by atoms with E-state index in [-0.39, 0.29) is 24.2 Å². The Morgan fingerprint density at radius 2 is 2.48 bits per heavy atom. The number of alkyl halides is 1. The van der Waals surface area contributed by atoms with E-state index in [1.165, 1.54) is 0 Å². The molecule has 3 heterocycles. The molecular formula is C16H21ClN4O3S. The molecule has 7 nitrogen and oxygen atoms in total. The minimum absolute atomic E-state index is 0.103. The van der Waals surface area contributed by atoms with E-state index in [2.05, 4.69) is 14.9 Å². The zero-order chi connectivity index (χ0) is 17.8. The number of ether oxygens (including phenoxy) is 2. The van der Waals surface area contributed by atoms with Crippen molar-refractivity contribution in [3.8, 4) is 0 Å². The Morgan fingerprint density at radius 3 is 3.20 bits per heavy atom. The monoisotopic (exact) mass is 384 g/mol. The standard InChI is InChI=1S/C16H21ClN4O3S/c1-3-23-15(22)9-20(2)16(21-4-5-24-14(17)8-21)12-6-11-13(25-12)7-18-10-19-11/h6-7,10,14,16H,3-5,8-9H2,1-2H3. The number of hydrogen-bond acceptors (Lipinski definition) is 8. The quantitative estimate of drug-likeness (QED) is 0.558. The number of fused-ring (bicyclic) bond motifs is 1. The van der Waals surface area contributed by atoms with Gasteiger partial charge in [-0.25, -0.2) is 9.97 Å². The Balaban J connectivity index is 1.88. The van der Waals surface area contributed by atoms with Crippen LogP contribution in [-0.2, 0) is 14.3 Å².